The average Bonchev–Trinajstić information content (AvgIpc) is 3.16. The quantitative estimate of drug-likeness (QED) is 0.0422. The molecular weight excluding hydrogens is 715 g/mol. The van der Waals surface area contributed by atoms with Crippen molar-refractivity contribution in [2.75, 3.05) is 13.2 Å². The van der Waals surface area contributed by atoms with Crippen LogP contribution < -0.4 is 9.47 Å². The highest BCUT2D eigenvalue weighted by molar-refractivity contribution is 6.31. The van der Waals surface area contributed by atoms with Crippen molar-refractivity contribution in [3.63, 3.8) is 0 Å². The summed E-state index contributed by atoms with van der Waals surface area (Å²) in [6, 6.07) is 22.0. The molecule has 0 amide bonds. The maximum atomic E-state index is 11.2. The highest BCUT2D eigenvalue weighted by Crippen LogP contribution is 2.32. The molecule has 2 N–H and O–H groups in total. The first-order valence-electron chi connectivity index (χ1n) is 19.5. The number of allylic oxidation sites excluding steroid dienone is 1. The normalized spacial score (nSPS) is 11.5. The molecule has 54 heavy (non-hydrogen) atoms. The summed E-state index contributed by atoms with van der Waals surface area (Å²) >= 11 is 12.9. The van der Waals surface area contributed by atoms with Crippen molar-refractivity contribution in [2.24, 2.45) is 9.98 Å². The van der Waals surface area contributed by atoms with E-state index < -0.39 is 0 Å². The maximum Gasteiger partial charge on any atom is 0.127 e. The molecule has 4 rings (SSSR count). The van der Waals surface area contributed by atoms with Crippen molar-refractivity contribution in [3.05, 3.63) is 117 Å². The van der Waals surface area contributed by atoms with Crippen molar-refractivity contribution >= 4 is 47.0 Å². The Hall–Kier alpha value is -4.26. The summed E-state index contributed by atoms with van der Waals surface area (Å²) in [4.78, 5) is 9.12. The van der Waals surface area contributed by atoms with Gasteiger partial charge in [-0.3, -0.25) is 9.98 Å². The molecule has 0 unspecified atom stereocenters. The lowest BCUT2D eigenvalue weighted by molar-refractivity contribution is 0.304. The summed E-state index contributed by atoms with van der Waals surface area (Å²) < 4.78 is 11.8. The number of phenols is 2. The van der Waals surface area contributed by atoms with Crippen LogP contribution in [0.4, 0.5) is 11.4 Å². The Bertz CT molecular complexity index is 1670. The zero-order valence-corrected chi connectivity index (χ0v) is 33.5. The smallest absolute Gasteiger partial charge is 0.127 e. The zero-order chi connectivity index (χ0) is 38.5. The molecule has 0 bridgehead atoms. The van der Waals surface area contributed by atoms with E-state index in [9.17, 15) is 10.2 Å². The number of aromatic hydroxyl groups is 2. The molecule has 0 fully saturated rings. The summed E-state index contributed by atoms with van der Waals surface area (Å²) in [5.74, 6) is 1.78. The molecule has 6 nitrogen and oxygen atoms in total. The second kappa shape index (κ2) is 23.5. The largest absolute Gasteiger partial charge is 0.507 e. The molecule has 4 aromatic carbocycles. The summed E-state index contributed by atoms with van der Waals surface area (Å²) in [6.07, 6.45) is 18.5. The molecule has 0 aromatic heterocycles. The number of halogens is 2. The fourth-order valence-electron chi connectivity index (χ4n) is 6.11. The van der Waals surface area contributed by atoms with Gasteiger partial charge in [-0.05, 0) is 98.5 Å². The first kappa shape index (κ1) is 42.5. The van der Waals surface area contributed by atoms with Gasteiger partial charge in [0.15, 0.2) is 0 Å². The second-order valence-electron chi connectivity index (χ2n) is 13.8. The minimum atomic E-state index is 0.0742. The van der Waals surface area contributed by atoms with Gasteiger partial charge in [-0.25, -0.2) is 0 Å². The van der Waals surface area contributed by atoms with Crippen LogP contribution in [0.2, 0.25) is 10.0 Å². The van der Waals surface area contributed by atoms with Crippen molar-refractivity contribution in [3.8, 4) is 23.0 Å². The van der Waals surface area contributed by atoms with Gasteiger partial charge in [-0.1, -0.05) is 113 Å². The van der Waals surface area contributed by atoms with Gasteiger partial charge < -0.3 is 19.7 Å². The first-order valence-corrected chi connectivity index (χ1v) is 20.2. The van der Waals surface area contributed by atoms with E-state index >= 15 is 0 Å². The van der Waals surface area contributed by atoms with E-state index in [1.54, 1.807) is 36.7 Å². The van der Waals surface area contributed by atoms with Crippen LogP contribution in [0.1, 0.15) is 113 Å². The fraction of sp³-hybridized carbons (Fsp3) is 0.391. The third-order valence-corrected chi connectivity index (χ3v) is 9.60. The Balaban J connectivity index is 1.31. The van der Waals surface area contributed by atoms with Crippen LogP contribution in [-0.2, 0) is 12.8 Å². The number of aliphatic imine (C=N–C) groups is 2. The van der Waals surface area contributed by atoms with Gasteiger partial charge in [-0.15, -0.1) is 0 Å². The standard InChI is InChI=1S/C46H56Cl2N2O4/c1-4-6-8-10-12-14-24-53-43-20-16-41(17-21-43)49-32-37-30-39(47)28-35(45(37)51)26-34(3)27-36-29-40(48)31-38(46(36)52)33-50-42-18-22-44(23-19-42)54-25-15-13-11-9-7-5-2/h16-23,28-33,51-52H,3-15,24-27H2,1-2H3. The van der Waals surface area contributed by atoms with Gasteiger partial charge in [0.25, 0.3) is 0 Å². The highest BCUT2D eigenvalue weighted by Gasteiger charge is 2.14. The topological polar surface area (TPSA) is 83.6 Å². The molecular formula is C46H56Cl2N2O4. The Kier molecular flexibility index (Phi) is 18.5. The van der Waals surface area contributed by atoms with Crippen LogP contribution in [0, 0.1) is 0 Å². The Morgan fingerprint density at radius 1 is 0.574 bits per heavy atom. The molecule has 0 aliphatic rings. The predicted molar refractivity (Wildman–Crippen MR) is 228 cm³/mol. The zero-order valence-electron chi connectivity index (χ0n) is 32.0. The summed E-state index contributed by atoms with van der Waals surface area (Å²) in [6.45, 7) is 10.1. The number of benzene rings is 4. The lowest BCUT2D eigenvalue weighted by Crippen LogP contribution is -1.99. The van der Waals surface area contributed by atoms with E-state index in [0.717, 1.165) is 41.3 Å². The van der Waals surface area contributed by atoms with Gasteiger partial charge in [-0.2, -0.15) is 0 Å². The highest BCUT2D eigenvalue weighted by atomic mass is 35.5. The fourth-order valence-corrected chi connectivity index (χ4v) is 6.61. The molecule has 0 aliphatic carbocycles. The molecule has 0 atom stereocenters. The predicted octanol–water partition coefficient (Wildman–Crippen LogP) is 13.7. The van der Waals surface area contributed by atoms with Crippen LogP contribution in [0.25, 0.3) is 0 Å². The van der Waals surface area contributed by atoms with Crippen LogP contribution >= 0.6 is 23.2 Å². The van der Waals surface area contributed by atoms with Crippen LogP contribution in [-0.4, -0.2) is 35.9 Å². The van der Waals surface area contributed by atoms with Crippen molar-refractivity contribution in [2.45, 2.75) is 104 Å². The number of hydrogen-bond donors (Lipinski definition) is 2. The molecule has 0 spiro atoms. The third-order valence-electron chi connectivity index (χ3n) is 9.16. The van der Waals surface area contributed by atoms with Crippen molar-refractivity contribution in [1.82, 2.24) is 0 Å². The van der Waals surface area contributed by atoms with E-state index in [-0.39, 0.29) is 11.5 Å². The lowest BCUT2D eigenvalue weighted by atomic mass is 9.96. The minimum Gasteiger partial charge on any atom is -0.507 e. The Morgan fingerprint density at radius 3 is 1.33 bits per heavy atom. The number of rotatable bonds is 24. The van der Waals surface area contributed by atoms with E-state index in [0.29, 0.717) is 58.4 Å². The SMILES string of the molecule is C=C(Cc1cc(Cl)cc(C=Nc2ccc(OCCCCCCCC)cc2)c1O)Cc1cc(Cl)cc(C=Nc2ccc(OCCCCCCCC)cc2)c1O. The van der Waals surface area contributed by atoms with E-state index in [2.05, 4.69) is 30.4 Å². The van der Waals surface area contributed by atoms with E-state index in [1.807, 2.05) is 48.5 Å². The van der Waals surface area contributed by atoms with Crippen LogP contribution in [0.3, 0.4) is 0 Å². The first-order chi connectivity index (χ1) is 26.2. The van der Waals surface area contributed by atoms with Gasteiger partial charge in [0, 0.05) is 44.7 Å². The van der Waals surface area contributed by atoms with E-state index in [4.69, 9.17) is 32.7 Å². The van der Waals surface area contributed by atoms with E-state index in [1.165, 1.54) is 64.2 Å². The molecule has 0 radical (unpaired) electrons. The molecule has 288 valence electrons. The van der Waals surface area contributed by atoms with Gasteiger partial charge >= 0.3 is 0 Å². The summed E-state index contributed by atoms with van der Waals surface area (Å²) in [5.41, 5.74) is 4.42. The van der Waals surface area contributed by atoms with Crippen LogP contribution in [0.15, 0.2) is 94.9 Å². The lowest BCUT2D eigenvalue weighted by Gasteiger charge is -2.13. The van der Waals surface area contributed by atoms with Crippen LogP contribution in [0.5, 0.6) is 23.0 Å². The minimum absolute atomic E-state index is 0.0742. The molecule has 8 heteroatoms. The third kappa shape index (κ3) is 14.9. The second-order valence-corrected chi connectivity index (χ2v) is 14.7. The van der Waals surface area contributed by atoms with Crippen molar-refractivity contribution < 1.29 is 19.7 Å². The number of nitrogens with zero attached hydrogens (tertiary/aromatic N) is 2. The molecule has 4 aromatic rings. The Morgan fingerprint density at radius 2 is 0.944 bits per heavy atom. The number of unbranched alkanes of at least 4 members (excludes halogenated alkanes) is 10. The summed E-state index contributed by atoms with van der Waals surface area (Å²) in [7, 11) is 0. The van der Waals surface area contributed by atoms with Crippen molar-refractivity contribution in [1.29, 1.82) is 0 Å². The summed E-state index contributed by atoms with van der Waals surface area (Å²) in [5, 5.41) is 23.3. The number of ether oxygens (including phenoxy) is 2. The average molecular weight is 772 g/mol. The monoisotopic (exact) mass is 770 g/mol. The molecule has 0 heterocycles. The number of hydrogen-bond acceptors (Lipinski definition) is 6. The number of phenolic OH excluding ortho intramolecular Hbond substituents is 2. The van der Waals surface area contributed by atoms with Gasteiger partial charge in [0.05, 0.1) is 24.6 Å². The Labute approximate surface area is 332 Å². The van der Waals surface area contributed by atoms with Gasteiger partial charge in [0.2, 0.25) is 0 Å². The van der Waals surface area contributed by atoms with Gasteiger partial charge in [0.1, 0.15) is 23.0 Å². The molecule has 0 saturated heterocycles. The molecule has 0 aliphatic heterocycles. The maximum absolute atomic E-state index is 11.2. The molecule has 0 saturated carbocycles.